The number of benzene rings is 1. The Labute approximate surface area is 252 Å². The summed E-state index contributed by atoms with van der Waals surface area (Å²) in [5.74, 6) is 1.06. The number of rotatable bonds is 17. The fourth-order valence-electron chi connectivity index (χ4n) is 5.70. The van der Waals surface area contributed by atoms with Crippen molar-refractivity contribution >= 4 is 17.7 Å². The normalized spacial score (nSPS) is 17.4. The van der Waals surface area contributed by atoms with Crippen molar-refractivity contribution in [3.05, 3.63) is 35.9 Å². The van der Waals surface area contributed by atoms with Gasteiger partial charge in [0.2, 0.25) is 17.7 Å². The second kappa shape index (κ2) is 18.6. The number of nitrogens with two attached hydrogens (primary N) is 1. The summed E-state index contributed by atoms with van der Waals surface area (Å²) in [4.78, 5) is 41.5. The van der Waals surface area contributed by atoms with Gasteiger partial charge in [-0.3, -0.25) is 14.4 Å². The number of likely N-dealkylation sites (N-methyl/N-ethyl adjacent to an activating group) is 1. The van der Waals surface area contributed by atoms with Crippen molar-refractivity contribution in [3.63, 3.8) is 0 Å². The lowest BCUT2D eigenvalue weighted by atomic mass is 9.82. The smallest absolute Gasteiger partial charge is 0.243 e. The fraction of sp³-hybridized carbons (Fsp3) is 0.667. The molecular weight excluding hydrogens is 532 g/mol. The summed E-state index contributed by atoms with van der Waals surface area (Å²) in [6, 6.07) is 7.65. The van der Waals surface area contributed by atoms with Crippen LogP contribution in [0, 0.1) is 30.1 Å². The fourth-order valence-corrected chi connectivity index (χ4v) is 5.70. The van der Waals surface area contributed by atoms with Gasteiger partial charge in [-0.25, -0.2) is 0 Å². The van der Waals surface area contributed by atoms with Crippen LogP contribution in [0.5, 0.6) is 0 Å². The van der Waals surface area contributed by atoms with Crippen molar-refractivity contribution in [1.82, 2.24) is 15.5 Å². The number of carbonyl (C=O) groups is 3. The van der Waals surface area contributed by atoms with Gasteiger partial charge in [-0.15, -0.1) is 12.3 Å². The van der Waals surface area contributed by atoms with Crippen LogP contribution >= 0.6 is 0 Å². The standard InChI is InChI=1S/C33H52N4O5/c1-5-12-27(33(42)36-28(21-25-15-10-7-11-16-25)31(40)29(38)19-23(2)3)35-32(41)26(20-24-13-8-6-9-14-24)22-30(39)37(4)18-17-34/h1,6,8-9,13-14,23,25-29,31,38,40H,7,10-12,15-22,34H2,2-4H3,(H,35,41)(H,36,42)/t26?,27-,28-,29-,31+/m0/s1. The molecule has 0 bridgehead atoms. The lowest BCUT2D eigenvalue weighted by molar-refractivity contribution is -0.136. The largest absolute Gasteiger partial charge is 0.390 e. The van der Waals surface area contributed by atoms with E-state index in [2.05, 4.69) is 16.6 Å². The number of terminal acetylenes is 1. The van der Waals surface area contributed by atoms with Crippen LogP contribution in [0.4, 0.5) is 0 Å². The average Bonchev–Trinajstić information content (AvgIpc) is 2.96. The number of carbonyl (C=O) groups excluding carboxylic acids is 3. The van der Waals surface area contributed by atoms with Crippen molar-refractivity contribution in [2.24, 2.45) is 23.5 Å². The Morgan fingerprint density at radius 3 is 2.33 bits per heavy atom. The maximum absolute atomic E-state index is 13.6. The van der Waals surface area contributed by atoms with E-state index in [1.807, 2.05) is 44.2 Å². The number of hydrogen-bond acceptors (Lipinski definition) is 6. The van der Waals surface area contributed by atoms with Crippen molar-refractivity contribution in [2.75, 3.05) is 20.1 Å². The Morgan fingerprint density at radius 2 is 1.74 bits per heavy atom. The minimum absolute atomic E-state index is 0.0496. The van der Waals surface area contributed by atoms with E-state index in [1.54, 1.807) is 7.05 Å². The summed E-state index contributed by atoms with van der Waals surface area (Å²) < 4.78 is 0. The van der Waals surface area contributed by atoms with E-state index in [0.717, 1.165) is 31.2 Å². The van der Waals surface area contributed by atoms with Gasteiger partial charge in [0.25, 0.3) is 0 Å². The van der Waals surface area contributed by atoms with E-state index >= 15 is 0 Å². The van der Waals surface area contributed by atoms with Crippen LogP contribution in [-0.2, 0) is 20.8 Å². The van der Waals surface area contributed by atoms with Gasteiger partial charge < -0.3 is 31.5 Å². The third kappa shape index (κ3) is 12.1. The lowest BCUT2D eigenvalue weighted by Gasteiger charge is -2.33. The Morgan fingerprint density at radius 1 is 1.07 bits per heavy atom. The molecule has 9 nitrogen and oxygen atoms in total. The number of aliphatic hydroxyl groups is 2. The van der Waals surface area contributed by atoms with Crippen molar-refractivity contribution in [3.8, 4) is 12.3 Å². The van der Waals surface area contributed by atoms with Crippen LogP contribution in [0.25, 0.3) is 0 Å². The predicted molar refractivity (Wildman–Crippen MR) is 165 cm³/mol. The van der Waals surface area contributed by atoms with Gasteiger partial charge in [0.15, 0.2) is 0 Å². The molecule has 9 heteroatoms. The van der Waals surface area contributed by atoms with Crippen molar-refractivity contribution in [1.29, 1.82) is 0 Å². The molecule has 0 aromatic heterocycles. The Bertz CT molecular complexity index is 1010. The molecule has 2 rings (SSSR count). The summed E-state index contributed by atoms with van der Waals surface area (Å²) >= 11 is 0. The van der Waals surface area contributed by atoms with Crippen LogP contribution < -0.4 is 16.4 Å². The highest BCUT2D eigenvalue weighted by atomic mass is 16.3. The molecule has 3 amide bonds. The van der Waals surface area contributed by atoms with Crippen molar-refractivity contribution in [2.45, 2.75) is 102 Å². The van der Waals surface area contributed by atoms with Gasteiger partial charge in [-0.1, -0.05) is 76.3 Å². The first-order valence-corrected chi connectivity index (χ1v) is 15.4. The number of aliphatic hydroxyl groups excluding tert-OH is 2. The van der Waals surface area contributed by atoms with Gasteiger partial charge in [0, 0.05) is 33.0 Å². The zero-order chi connectivity index (χ0) is 31.1. The highest BCUT2D eigenvalue weighted by molar-refractivity contribution is 5.91. The minimum atomic E-state index is -1.15. The van der Waals surface area contributed by atoms with E-state index in [0.29, 0.717) is 38.3 Å². The van der Waals surface area contributed by atoms with E-state index in [4.69, 9.17) is 12.2 Å². The molecule has 0 aliphatic heterocycles. The first-order chi connectivity index (χ1) is 20.0. The number of nitrogens with one attached hydrogen (secondary N) is 2. The Balaban J connectivity index is 2.21. The molecule has 6 N–H and O–H groups in total. The third-order valence-corrected chi connectivity index (χ3v) is 8.12. The van der Waals surface area contributed by atoms with Gasteiger partial charge in [0.1, 0.15) is 12.1 Å². The van der Waals surface area contributed by atoms with Crippen LogP contribution in [0.2, 0.25) is 0 Å². The topological polar surface area (TPSA) is 145 Å². The summed E-state index contributed by atoms with van der Waals surface area (Å²) in [7, 11) is 1.65. The van der Waals surface area contributed by atoms with Crippen molar-refractivity contribution < 1.29 is 24.6 Å². The van der Waals surface area contributed by atoms with Gasteiger partial charge in [0.05, 0.1) is 18.1 Å². The zero-order valence-corrected chi connectivity index (χ0v) is 25.6. The van der Waals surface area contributed by atoms with E-state index in [9.17, 15) is 24.6 Å². The molecule has 42 heavy (non-hydrogen) atoms. The molecule has 1 aliphatic rings. The summed E-state index contributed by atoms with van der Waals surface area (Å²) in [5.41, 5.74) is 6.49. The molecule has 1 unspecified atom stereocenters. The molecule has 1 aliphatic carbocycles. The Kier molecular flexibility index (Phi) is 15.6. The number of nitrogens with zero attached hydrogens (tertiary/aromatic N) is 1. The molecule has 1 saturated carbocycles. The average molecular weight is 585 g/mol. The monoisotopic (exact) mass is 584 g/mol. The van der Waals surface area contributed by atoms with E-state index in [1.165, 1.54) is 11.3 Å². The van der Waals surface area contributed by atoms with Gasteiger partial charge in [-0.05, 0) is 36.7 Å². The maximum Gasteiger partial charge on any atom is 0.243 e. The molecular formula is C33H52N4O5. The number of hydrogen-bond donors (Lipinski definition) is 5. The maximum atomic E-state index is 13.6. The first-order valence-electron chi connectivity index (χ1n) is 15.4. The molecule has 0 radical (unpaired) electrons. The van der Waals surface area contributed by atoms with E-state index < -0.39 is 42.0 Å². The van der Waals surface area contributed by atoms with Gasteiger partial charge >= 0.3 is 0 Å². The summed E-state index contributed by atoms with van der Waals surface area (Å²) in [6.07, 6.45) is 10.0. The quantitative estimate of drug-likeness (QED) is 0.178. The van der Waals surface area contributed by atoms with Crippen LogP contribution in [0.1, 0.15) is 77.2 Å². The molecule has 5 atom stereocenters. The predicted octanol–water partition coefficient (Wildman–Crippen LogP) is 2.38. The number of amides is 3. The molecule has 234 valence electrons. The van der Waals surface area contributed by atoms with Crippen LogP contribution in [0.3, 0.4) is 0 Å². The van der Waals surface area contributed by atoms with E-state index in [-0.39, 0.29) is 24.7 Å². The Hall–Kier alpha value is -2.93. The molecule has 0 saturated heterocycles. The summed E-state index contributed by atoms with van der Waals surface area (Å²) in [6.45, 7) is 4.61. The van der Waals surface area contributed by atoms with Crippen LogP contribution in [0.15, 0.2) is 30.3 Å². The van der Waals surface area contributed by atoms with Gasteiger partial charge in [-0.2, -0.15) is 0 Å². The first kappa shape index (κ1) is 35.3. The zero-order valence-electron chi connectivity index (χ0n) is 25.6. The summed E-state index contributed by atoms with van der Waals surface area (Å²) in [5, 5.41) is 27.5. The second-order valence-electron chi connectivity index (χ2n) is 12.2. The SMILES string of the molecule is C#CC[C@H](NC(=O)C(CC(=O)N(C)CCN)Cc1ccccc1)C(=O)N[C@@H](CC1CCCCC1)[C@@H](O)[C@@H](O)CC(C)C. The van der Waals surface area contributed by atoms with Crippen LogP contribution in [-0.4, -0.2) is 77.3 Å². The lowest BCUT2D eigenvalue weighted by Crippen LogP contribution is -2.56. The molecule has 1 aromatic rings. The second-order valence-corrected chi connectivity index (χ2v) is 12.2. The minimum Gasteiger partial charge on any atom is -0.390 e. The third-order valence-electron chi connectivity index (χ3n) is 8.12. The molecule has 0 heterocycles. The molecule has 0 spiro atoms. The molecule has 1 fully saturated rings. The highest BCUT2D eigenvalue weighted by Crippen LogP contribution is 2.29. The molecule has 1 aromatic carbocycles. The highest BCUT2D eigenvalue weighted by Gasteiger charge is 2.34.